The van der Waals surface area contributed by atoms with Gasteiger partial charge in [-0.1, -0.05) is 37.1 Å². The van der Waals surface area contributed by atoms with Crippen LogP contribution in [0.1, 0.15) is 31.4 Å². The topological polar surface area (TPSA) is 56.7 Å². The van der Waals surface area contributed by atoms with Crippen molar-refractivity contribution in [1.82, 2.24) is 14.8 Å². The number of likely N-dealkylation sites (tertiary alicyclic amines) is 1. The van der Waals surface area contributed by atoms with Crippen molar-refractivity contribution < 1.29 is 9.90 Å². The zero-order valence-corrected chi connectivity index (χ0v) is 16.1. The lowest BCUT2D eigenvalue weighted by molar-refractivity contribution is -0.132. The molecule has 27 heavy (non-hydrogen) atoms. The number of hydrogen-bond acceptors (Lipinski definition) is 4. The number of likely N-dealkylation sites (N-methyl/N-ethyl adjacent to an activating group) is 1. The van der Waals surface area contributed by atoms with Crippen LogP contribution in [0.15, 0.2) is 36.4 Å². The number of pyridine rings is 1. The van der Waals surface area contributed by atoms with E-state index in [1.165, 1.54) is 25.7 Å². The number of benzene rings is 1. The Hall–Kier alpha value is -1.98. The van der Waals surface area contributed by atoms with Crippen LogP contribution in [0, 0.1) is 5.92 Å². The maximum atomic E-state index is 12.7. The number of β-amino-alcohol motifs (C(OH)–C–C–N with tert-alkyl or cyclic N) is 1. The summed E-state index contributed by atoms with van der Waals surface area (Å²) in [5.74, 6) is 0.191. The number of carbonyl (C=O) groups excluding carboxylic acids is 1. The van der Waals surface area contributed by atoms with Gasteiger partial charge in [0.15, 0.2) is 0 Å². The first kappa shape index (κ1) is 18.4. The van der Waals surface area contributed by atoms with Crippen molar-refractivity contribution >= 4 is 16.8 Å². The minimum absolute atomic E-state index is 0.0550. The number of aliphatic hydroxyl groups is 1. The Morgan fingerprint density at radius 1 is 1.19 bits per heavy atom. The highest BCUT2D eigenvalue weighted by Crippen LogP contribution is 2.24. The first-order valence-corrected chi connectivity index (χ1v) is 10.1. The zero-order chi connectivity index (χ0) is 18.8. The van der Waals surface area contributed by atoms with Gasteiger partial charge < -0.3 is 10.0 Å². The van der Waals surface area contributed by atoms with Crippen molar-refractivity contribution in [3.8, 4) is 0 Å². The first-order chi connectivity index (χ1) is 13.1. The number of para-hydroxylation sites is 1. The Kier molecular flexibility index (Phi) is 5.41. The third-order valence-electron chi connectivity index (χ3n) is 6.22. The van der Waals surface area contributed by atoms with Gasteiger partial charge in [0.25, 0.3) is 0 Å². The average molecular weight is 367 g/mol. The summed E-state index contributed by atoms with van der Waals surface area (Å²) in [5, 5.41) is 11.6. The monoisotopic (exact) mass is 367 g/mol. The summed E-state index contributed by atoms with van der Waals surface area (Å²) in [6, 6.07) is 12.7. The van der Waals surface area contributed by atoms with Gasteiger partial charge in [-0.2, -0.15) is 0 Å². The van der Waals surface area contributed by atoms with Crippen LogP contribution in [0.4, 0.5) is 0 Å². The van der Waals surface area contributed by atoms with Crippen molar-refractivity contribution in [2.45, 2.75) is 44.2 Å². The summed E-state index contributed by atoms with van der Waals surface area (Å²) >= 11 is 0. The third kappa shape index (κ3) is 4.14. The summed E-state index contributed by atoms with van der Waals surface area (Å²) in [5.41, 5.74) is 1.96. The molecule has 1 aliphatic heterocycles. The van der Waals surface area contributed by atoms with Crippen LogP contribution in [-0.2, 0) is 11.2 Å². The van der Waals surface area contributed by atoms with Gasteiger partial charge >= 0.3 is 0 Å². The molecule has 2 unspecified atom stereocenters. The van der Waals surface area contributed by atoms with Crippen LogP contribution < -0.4 is 0 Å². The molecule has 2 aliphatic rings. The number of nitrogens with zero attached hydrogens (tertiary/aromatic N) is 3. The van der Waals surface area contributed by atoms with Crippen molar-refractivity contribution in [3.63, 3.8) is 0 Å². The first-order valence-electron chi connectivity index (χ1n) is 10.1. The number of amides is 1. The van der Waals surface area contributed by atoms with Gasteiger partial charge in [0.1, 0.15) is 0 Å². The van der Waals surface area contributed by atoms with Crippen molar-refractivity contribution in [1.29, 1.82) is 0 Å². The zero-order valence-electron chi connectivity index (χ0n) is 16.1. The molecule has 0 spiro atoms. The smallest absolute Gasteiger partial charge is 0.236 e. The van der Waals surface area contributed by atoms with E-state index in [0.29, 0.717) is 32.1 Å². The van der Waals surface area contributed by atoms with Crippen molar-refractivity contribution in [3.05, 3.63) is 42.1 Å². The van der Waals surface area contributed by atoms with Crippen LogP contribution >= 0.6 is 0 Å². The van der Waals surface area contributed by atoms with Crippen LogP contribution in [0.2, 0.25) is 0 Å². The van der Waals surface area contributed by atoms with Gasteiger partial charge in [-0.05, 0) is 38.4 Å². The Bertz CT molecular complexity index is 803. The van der Waals surface area contributed by atoms with Gasteiger partial charge in [-0.3, -0.25) is 14.7 Å². The Morgan fingerprint density at radius 3 is 2.78 bits per heavy atom. The molecule has 1 aromatic heterocycles. The molecule has 2 fully saturated rings. The second-order valence-electron chi connectivity index (χ2n) is 8.18. The minimum Gasteiger partial charge on any atom is -0.391 e. The lowest BCUT2D eigenvalue weighted by Gasteiger charge is -2.26. The minimum atomic E-state index is -0.473. The Morgan fingerprint density at radius 2 is 1.96 bits per heavy atom. The van der Waals surface area contributed by atoms with Gasteiger partial charge in [-0.15, -0.1) is 0 Å². The number of aliphatic hydroxyl groups excluding tert-OH is 1. The largest absolute Gasteiger partial charge is 0.391 e. The fraction of sp³-hybridized carbons (Fsp3) is 0.545. The number of rotatable bonds is 5. The molecule has 1 aliphatic carbocycles. The maximum Gasteiger partial charge on any atom is 0.236 e. The van der Waals surface area contributed by atoms with E-state index in [0.717, 1.165) is 16.6 Å². The summed E-state index contributed by atoms with van der Waals surface area (Å²) in [6.45, 7) is 1.51. The van der Waals surface area contributed by atoms with E-state index in [1.54, 1.807) is 0 Å². The van der Waals surface area contributed by atoms with E-state index in [4.69, 9.17) is 4.98 Å². The summed E-state index contributed by atoms with van der Waals surface area (Å²) in [4.78, 5) is 21.4. The molecule has 5 heteroatoms. The fourth-order valence-corrected chi connectivity index (χ4v) is 4.54. The maximum absolute atomic E-state index is 12.7. The van der Waals surface area contributed by atoms with E-state index in [9.17, 15) is 9.90 Å². The normalized spacial score (nSPS) is 23.6. The average Bonchev–Trinajstić information content (AvgIpc) is 3.32. The van der Waals surface area contributed by atoms with Crippen LogP contribution in [0.25, 0.3) is 10.9 Å². The lowest BCUT2D eigenvalue weighted by Crippen LogP contribution is -2.41. The van der Waals surface area contributed by atoms with Crippen LogP contribution in [-0.4, -0.2) is 64.6 Å². The van der Waals surface area contributed by atoms with E-state index >= 15 is 0 Å². The second-order valence-corrected chi connectivity index (χ2v) is 8.18. The summed E-state index contributed by atoms with van der Waals surface area (Å²) < 4.78 is 0. The molecule has 5 nitrogen and oxygen atoms in total. The highest BCUT2D eigenvalue weighted by Gasteiger charge is 2.35. The predicted octanol–water partition coefficient (Wildman–Crippen LogP) is 2.47. The molecule has 2 atom stereocenters. The molecule has 1 amide bonds. The lowest BCUT2D eigenvalue weighted by atomic mass is 9.99. The molecule has 4 rings (SSSR count). The highest BCUT2D eigenvalue weighted by molar-refractivity contribution is 5.79. The summed E-state index contributed by atoms with van der Waals surface area (Å²) in [6.07, 6.45) is 5.16. The number of carbonyl (C=O) groups is 1. The number of aromatic nitrogens is 1. The van der Waals surface area contributed by atoms with Crippen molar-refractivity contribution in [2.24, 2.45) is 5.92 Å². The fourth-order valence-electron chi connectivity index (χ4n) is 4.54. The molecule has 1 N–H and O–H groups in total. The number of hydrogen-bond donors (Lipinski definition) is 1. The Labute approximate surface area is 161 Å². The second kappa shape index (κ2) is 7.95. The van der Waals surface area contributed by atoms with E-state index < -0.39 is 6.10 Å². The molecule has 0 bridgehead atoms. The van der Waals surface area contributed by atoms with Crippen LogP contribution in [0.3, 0.4) is 0 Å². The van der Waals surface area contributed by atoms with E-state index in [1.807, 2.05) is 29.2 Å². The molecule has 0 radical (unpaired) electrons. The van der Waals surface area contributed by atoms with E-state index in [-0.39, 0.29) is 11.8 Å². The molecule has 2 heterocycles. The highest BCUT2D eigenvalue weighted by atomic mass is 16.3. The molecule has 1 saturated carbocycles. The predicted molar refractivity (Wildman–Crippen MR) is 106 cm³/mol. The van der Waals surface area contributed by atoms with Gasteiger partial charge in [-0.25, -0.2) is 0 Å². The standard InChI is InChI=1S/C22H29N3O2/c1-24(19-7-3-4-8-19)15-22(27)25-13-17(21(26)14-25)12-18-11-10-16-6-2-5-9-20(16)23-18/h2,5-6,9-11,17,19,21,26H,3-4,7-8,12-15H2,1H3. The molecule has 144 valence electrons. The molecule has 2 aromatic rings. The van der Waals surface area contributed by atoms with E-state index in [2.05, 4.69) is 24.1 Å². The summed E-state index contributed by atoms with van der Waals surface area (Å²) in [7, 11) is 2.05. The van der Waals surface area contributed by atoms with Gasteiger partial charge in [0.2, 0.25) is 5.91 Å². The quantitative estimate of drug-likeness (QED) is 0.882. The Balaban J connectivity index is 1.36. The third-order valence-corrected chi connectivity index (χ3v) is 6.22. The van der Waals surface area contributed by atoms with Gasteiger partial charge in [0, 0.05) is 36.1 Å². The van der Waals surface area contributed by atoms with Crippen molar-refractivity contribution in [2.75, 3.05) is 26.7 Å². The number of fused-ring (bicyclic) bond motifs is 1. The molecule has 1 saturated heterocycles. The SMILES string of the molecule is CN(CC(=O)N1CC(O)C(Cc2ccc3ccccc3n2)C1)C1CCCC1. The molecular weight excluding hydrogens is 338 g/mol. The van der Waals surface area contributed by atoms with Gasteiger partial charge in [0.05, 0.1) is 18.2 Å². The molecule has 1 aromatic carbocycles. The molecular formula is C22H29N3O2. The van der Waals surface area contributed by atoms with Crippen LogP contribution in [0.5, 0.6) is 0 Å².